The summed E-state index contributed by atoms with van der Waals surface area (Å²) in [4.78, 5) is 13.0. The highest BCUT2D eigenvalue weighted by molar-refractivity contribution is 5.94. The molecule has 21 heavy (non-hydrogen) atoms. The summed E-state index contributed by atoms with van der Waals surface area (Å²) in [6.45, 7) is 2.41. The Morgan fingerprint density at radius 3 is 2.57 bits per heavy atom. The zero-order chi connectivity index (χ0) is 15.8. The Morgan fingerprint density at radius 2 is 2.10 bits per heavy atom. The van der Waals surface area contributed by atoms with Gasteiger partial charge in [0.25, 0.3) is 0 Å². The second-order valence-corrected chi connectivity index (χ2v) is 5.08. The van der Waals surface area contributed by atoms with Crippen LogP contribution in [0.5, 0.6) is 0 Å². The van der Waals surface area contributed by atoms with E-state index < -0.39 is 17.7 Å². The van der Waals surface area contributed by atoms with Gasteiger partial charge in [0.05, 0.1) is 29.0 Å². The number of aromatic carboxylic acids is 1. The van der Waals surface area contributed by atoms with Crippen molar-refractivity contribution in [3.63, 3.8) is 0 Å². The molecule has 1 aromatic rings. The van der Waals surface area contributed by atoms with Gasteiger partial charge in [-0.05, 0) is 31.5 Å². The van der Waals surface area contributed by atoms with E-state index in [-0.39, 0.29) is 23.4 Å². The molecule has 0 aliphatic carbocycles. The van der Waals surface area contributed by atoms with Gasteiger partial charge in [-0.2, -0.15) is 13.2 Å². The Labute approximate surface area is 120 Å². The van der Waals surface area contributed by atoms with Crippen LogP contribution in [0.15, 0.2) is 18.2 Å². The molecular formula is C14H16F3NO3. The van der Waals surface area contributed by atoms with Crippen molar-refractivity contribution < 1.29 is 27.8 Å². The van der Waals surface area contributed by atoms with E-state index in [1.807, 2.05) is 6.92 Å². The molecule has 0 radical (unpaired) electrons. The number of alkyl halides is 3. The summed E-state index contributed by atoms with van der Waals surface area (Å²) in [5, 5.41) is 9.19. The van der Waals surface area contributed by atoms with Crippen molar-refractivity contribution in [3.05, 3.63) is 29.3 Å². The molecule has 1 saturated heterocycles. The van der Waals surface area contributed by atoms with Crippen molar-refractivity contribution in [3.8, 4) is 0 Å². The van der Waals surface area contributed by atoms with Crippen molar-refractivity contribution >= 4 is 11.7 Å². The maximum Gasteiger partial charge on any atom is 0.416 e. The van der Waals surface area contributed by atoms with Crippen molar-refractivity contribution in [1.29, 1.82) is 0 Å². The molecule has 116 valence electrons. The fourth-order valence-corrected chi connectivity index (χ4v) is 2.60. The summed E-state index contributed by atoms with van der Waals surface area (Å²) in [7, 11) is 1.67. The normalized spacial score (nSPS) is 22.3. The first-order valence-electron chi connectivity index (χ1n) is 6.51. The van der Waals surface area contributed by atoms with E-state index in [1.54, 1.807) is 11.9 Å². The predicted molar refractivity (Wildman–Crippen MR) is 70.6 cm³/mol. The second kappa shape index (κ2) is 5.55. The zero-order valence-electron chi connectivity index (χ0n) is 11.6. The minimum Gasteiger partial charge on any atom is -0.478 e. The first kappa shape index (κ1) is 15.6. The standard InChI is InChI=1S/C14H16F3NO3/c1-8-11(5-6-21-8)18(2)12-4-3-9(14(15,16)17)7-10(12)13(19)20/h3-4,7-8,11H,5-6H2,1-2H3,(H,19,20). The number of ether oxygens (including phenoxy) is 1. The number of anilines is 1. The number of halogens is 3. The quantitative estimate of drug-likeness (QED) is 0.932. The van der Waals surface area contributed by atoms with Gasteiger partial charge in [-0.25, -0.2) is 4.79 Å². The molecule has 4 nitrogen and oxygen atoms in total. The third-order valence-electron chi connectivity index (χ3n) is 3.77. The molecule has 1 N–H and O–H groups in total. The zero-order valence-corrected chi connectivity index (χ0v) is 11.6. The topological polar surface area (TPSA) is 49.8 Å². The van der Waals surface area contributed by atoms with Gasteiger partial charge in [0, 0.05) is 13.7 Å². The molecule has 1 aromatic carbocycles. The van der Waals surface area contributed by atoms with E-state index in [1.165, 1.54) is 6.07 Å². The predicted octanol–water partition coefficient (Wildman–Crippen LogP) is 3.02. The maximum absolute atomic E-state index is 12.7. The lowest BCUT2D eigenvalue weighted by atomic mass is 10.0. The highest BCUT2D eigenvalue weighted by Crippen LogP contribution is 2.34. The number of rotatable bonds is 3. The Balaban J connectivity index is 2.41. The molecule has 1 heterocycles. The molecular weight excluding hydrogens is 287 g/mol. The number of likely N-dealkylation sites (N-methyl/N-ethyl adjacent to an activating group) is 1. The summed E-state index contributed by atoms with van der Waals surface area (Å²) >= 11 is 0. The van der Waals surface area contributed by atoms with E-state index in [0.29, 0.717) is 19.1 Å². The van der Waals surface area contributed by atoms with E-state index in [0.717, 1.165) is 6.07 Å². The molecule has 0 amide bonds. The first-order chi connectivity index (χ1) is 9.71. The van der Waals surface area contributed by atoms with Crippen LogP contribution in [-0.2, 0) is 10.9 Å². The molecule has 0 aromatic heterocycles. The summed E-state index contributed by atoms with van der Waals surface area (Å²) in [6.07, 6.45) is -3.96. The largest absolute Gasteiger partial charge is 0.478 e. The van der Waals surface area contributed by atoms with Gasteiger partial charge >= 0.3 is 12.1 Å². The molecule has 1 aliphatic heterocycles. The Bertz CT molecular complexity index is 545. The number of carboxylic acids is 1. The number of hydrogen-bond acceptors (Lipinski definition) is 3. The van der Waals surface area contributed by atoms with Gasteiger partial charge in [0.1, 0.15) is 0 Å². The smallest absolute Gasteiger partial charge is 0.416 e. The Kier molecular flexibility index (Phi) is 4.13. The third kappa shape index (κ3) is 3.12. The number of carboxylic acid groups (broad SMARTS) is 1. The van der Waals surface area contributed by atoms with Gasteiger partial charge in [0.2, 0.25) is 0 Å². The van der Waals surface area contributed by atoms with Gasteiger partial charge < -0.3 is 14.7 Å². The molecule has 0 spiro atoms. The lowest BCUT2D eigenvalue weighted by Gasteiger charge is -2.30. The maximum atomic E-state index is 12.7. The highest BCUT2D eigenvalue weighted by atomic mass is 19.4. The number of hydrogen-bond donors (Lipinski definition) is 1. The van der Waals surface area contributed by atoms with Crippen LogP contribution in [0.25, 0.3) is 0 Å². The van der Waals surface area contributed by atoms with Crippen LogP contribution in [0.2, 0.25) is 0 Å². The molecule has 0 saturated carbocycles. The Morgan fingerprint density at radius 1 is 1.43 bits per heavy atom. The molecule has 0 bridgehead atoms. The number of carbonyl (C=O) groups is 1. The SMILES string of the molecule is CC1OCCC1N(C)c1ccc(C(F)(F)F)cc1C(=O)O. The molecule has 7 heteroatoms. The van der Waals surface area contributed by atoms with E-state index in [2.05, 4.69) is 0 Å². The van der Waals surface area contributed by atoms with Crippen LogP contribution >= 0.6 is 0 Å². The van der Waals surface area contributed by atoms with Crippen LogP contribution in [0.3, 0.4) is 0 Å². The highest BCUT2D eigenvalue weighted by Gasteiger charge is 2.34. The summed E-state index contributed by atoms with van der Waals surface area (Å²) in [5.41, 5.74) is -1.06. The van der Waals surface area contributed by atoms with Crippen LogP contribution in [0.1, 0.15) is 29.3 Å². The third-order valence-corrected chi connectivity index (χ3v) is 3.77. The molecule has 1 aliphatic rings. The van der Waals surface area contributed by atoms with Crippen molar-refractivity contribution in [2.75, 3.05) is 18.6 Å². The summed E-state index contributed by atoms with van der Waals surface area (Å²) < 4.78 is 43.5. The summed E-state index contributed by atoms with van der Waals surface area (Å²) in [6, 6.07) is 2.73. The van der Waals surface area contributed by atoms with Crippen molar-refractivity contribution in [1.82, 2.24) is 0 Å². The van der Waals surface area contributed by atoms with Crippen LogP contribution in [-0.4, -0.2) is 36.9 Å². The second-order valence-electron chi connectivity index (χ2n) is 5.08. The molecule has 1 fully saturated rings. The molecule has 2 rings (SSSR count). The van der Waals surface area contributed by atoms with Crippen molar-refractivity contribution in [2.45, 2.75) is 31.7 Å². The van der Waals surface area contributed by atoms with E-state index in [9.17, 15) is 23.1 Å². The lowest BCUT2D eigenvalue weighted by molar-refractivity contribution is -0.137. The number of benzene rings is 1. The average molecular weight is 303 g/mol. The first-order valence-corrected chi connectivity index (χ1v) is 6.51. The Hall–Kier alpha value is -1.76. The fraction of sp³-hybridized carbons (Fsp3) is 0.500. The van der Waals surface area contributed by atoms with Gasteiger partial charge in [-0.1, -0.05) is 0 Å². The molecule has 2 unspecified atom stereocenters. The number of nitrogens with zero attached hydrogens (tertiary/aromatic N) is 1. The van der Waals surface area contributed by atoms with Gasteiger partial charge in [-0.15, -0.1) is 0 Å². The fourth-order valence-electron chi connectivity index (χ4n) is 2.60. The van der Waals surface area contributed by atoms with Gasteiger partial charge in [0.15, 0.2) is 0 Å². The minimum atomic E-state index is -4.56. The molecule has 2 atom stereocenters. The monoisotopic (exact) mass is 303 g/mol. The average Bonchev–Trinajstić information content (AvgIpc) is 2.82. The van der Waals surface area contributed by atoms with Crippen molar-refractivity contribution in [2.24, 2.45) is 0 Å². The lowest BCUT2D eigenvalue weighted by Crippen LogP contribution is -2.37. The van der Waals surface area contributed by atoms with Gasteiger partial charge in [-0.3, -0.25) is 0 Å². The van der Waals surface area contributed by atoms with E-state index >= 15 is 0 Å². The summed E-state index contributed by atoms with van der Waals surface area (Å²) in [5.74, 6) is -1.38. The van der Waals surface area contributed by atoms with Crippen LogP contribution < -0.4 is 4.90 Å². The van der Waals surface area contributed by atoms with Crippen LogP contribution in [0.4, 0.5) is 18.9 Å². The minimum absolute atomic E-state index is 0.0557. The van der Waals surface area contributed by atoms with Crippen LogP contribution in [0, 0.1) is 0 Å². The van der Waals surface area contributed by atoms with E-state index in [4.69, 9.17) is 4.74 Å².